The van der Waals surface area contributed by atoms with E-state index in [1.165, 1.54) is 6.42 Å². The van der Waals surface area contributed by atoms with Gasteiger partial charge in [-0.1, -0.05) is 31.2 Å². The van der Waals surface area contributed by atoms with Crippen molar-refractivity contribution in [2.24, 2.45) is 5.92 Å². The van der Waals surface area contributed by atoms with Crippen molar-refractivity contribution in [3.63, 3.8) is 0 Å². The molecule has 0 N–H and O–H groups in total. The number of halogens is 1. The van der Waals surface area contributed by atoms with Crippen LogP contribution in [0.4, 0.5) is 0 Å². The highest BCUT2D eigenvalue weighted by atomic mass is 35.5. The zero-order valence-electron chi connectivity index (χ0n) is 10.2. The third kappa shape index (κ3) is 1.42. The number of benzene rings is 1. The van der Waals surface area contributed by atoms with Crippen LogP contribution in [0.1, 0.15) is 50.4 Å². The van der Waals surface area contributed by atoms with Crippen molar-refractivity contribution < 1.29 is 0 Å². The lowest BCUT2D eigenvalue weighted by atomic mass is 9.85. The van der Waals surface area contributed by atoms with Crippen LogP contribution >= 0.6 is 12.4 Å². The standard InChI is InChI=1S/C14H19N.ClH/c1-9(2)15-13-8-10(3)14(15)12-7-5-4-6-11(12)13;/h4-7,9-10,13-14H,8H2,1-3H3;1H. The van der Waals surface area contributed by atoms with Crippen molar-refractivity contribution in [2.75, 3.05) is 0 Å². The lowest BCUT2D eigenvalue weighted by Gasteiger charge is -2.27. The Balaban J connectivity index is 0.000000963. The maximum atomic E-state index is 2.70. The number of nitrogens with zero attached hydrogens (tertiary/aromatic N) is 1. The highest BCUT2D eigenvalue weighted by Crippen LogP contribution is 2.56. The maximum Gasteiger partial charge on any atom is 0.0386 e. The average Bonchev–Trinajstić information content (AvgIpc) is 2.70. The first-order chi connectivity index (χ1) is 7.20. The van der Waals surface area contributed by atoms with Crippen molar-refractivity contribution >= 4 is 12.4 Å². The summed E-state index contributed by atoms with van der Waals surface area (Å²) in [6.07, 6.45) is 1.35. The van der Waals surface area contributed by atoms with Crippen LogP contribution in [0.3, 0.4) is 0 Å². The van der Waals surface area contributed by atoms with Crippen LogP contribution in [0.25, 0.3) is 0 Å². The molecule has 2 heteroatoms. The Hall–Kier alpha value is -0.530. The molecule has 1 fully saturated rings. The zero-order valence-corrected chi connectivity index (χ0v) is 11.0. The van der Waals surface area contributed by atoms with Gasteiger partial charge in [-0.3, -0.25) is 4.90 Å². The van der Waals surface area contributed by atoms with Gasteiger partial charge in [0.25, 0.3) is 0 Å². The van der Waals surface area contributed by atoms with Gasteiger partial charge in [0.05, 0.1) is 0 Å². The molecule has 1 saturated heterocycles. The summed E-state index contributed by atoms with van der Waals surface area (Å²) in [4.78, 5) is 2.70. The first kappa shape index (κ1) is 11.9. The molecule has 0 amide bonds. The summed E-state index contributed by atoms with van der Waals surface area (Å²) < 4.78 is 0. The molecule has 2 aliphatic rings. The summed E-state index contributed by atoms with van der Waals surface area (Å²) in [7, 11) is 0. The fraction of sp³-hybridized carbons (Fsp3) is 0.571. The average molecular weight is 238 g/mol. The van der Waals surface area contributed by atoms with Crippen molar-refractivity contribution in [1.82, 2.24) is 4.90 Å². The Morgan fingerprint density at radius 2 is 1.81 bits per heavy atom. The molecule has 0 aromatic heterocycles. The molecule has 0 radical (unpaired) electrons. The van der Waals surface area contributed by atoms with E-state index in [1.54, 1.807) is 11.1 Å². The van der Waals surface area contributed by atoms with Crippen LogP contribution in [0.2, 0.25) is 0 Å². The SMILES string of the molecule is CC1CC2c3ccccc3C1N2C(C)C.Cl. The van der Waals surface area contributed by atoms with E-state index in [4.69, 9.17) is 0 Å². The van der Waals surface area contributed by atoms with Crippen LogP contribution in [0.15, 0.2) is 24.3 Å². The lowest BCUT2D eigenvalue weighted by Crippen LogP contribution is -2.28. The van der Waals surface area contributed by atoms with Crippen molar-refractivity contribution in [2.45, 2.75) is 45.3 Å². The summed E-state index contributed by atoms with van der Waals surface area (Å²) in [6, 6.07) is 11.1. The number of rotatable bonds is 1. The fourth-order valence-corrected chi connectivity index (χ4v) is 3.61. The molecule has 2 aliphatic heterocycles. The predicted octanol–water partition coefficient (Wildman–Crippen LogP) is 3.95. The highest BCUT2D eigenvalue weighted by Gasteiger charge is 2.48. The molecule has 2 bridgehead atoms. The monoisotopic (exact) mass is 237 g/mol. The highest BCUT2D eigenvalue weighted by molar-refractivity contribution is 5.85. The smallest absolute Gasteiger partial charge is 0.0386 e. The molecule has 88 valence electrons. The van der Waals surface area contributed by atoms with Gasteiger partial charge in [-0.15, -0.1) is 12.4 Å². The van der Waals surface area contributed by atoms with Gasteiger partial charge >= 0.3 is 0 Å². The van der Waals surface area contributed by atoms with E-state index in [0.29, 0.717) is 18.1 Å². The molecule has 1 aromatic rings. The van der Waals surface area contributed by atoms with Gasteiger partial charge in [-0.05, 0) is 37.3 Å². The van der Waals surface area contributed by atoms with Gasteiger partial charge in [0, 0.05) is 18.1 Å². The summed E-state index contributed by atoms with van der Waals surface area (Å²) >= 11 is 0. The van der Waals surface area contributed by atoms with E-state index in [2.05, 4.69) is 49.9 Å². The van der Waals surface area contributed by atoms with E-state index in [-0.39, 0.29) is 12.4 Å². The number of fused-ring (bicyclic) bond motifs is 5. The largest absolute Gasteiger partial charge is 0.287 e. The normalized spacial score (nSPS) is 31.6. The van der Waals surface area contributed by atoms with Crippen LogP contribution in [0, 0.1) is 5.92 Å². The third-order valence-corrected chi connectivity index (χ3v) is 4.09. The molecule has 0 spiro atoms. The van der Waals surface area contributed by atoms with Crippen LogP contribution in [0.5, 0.6) is 0 Å². The Labute approximate surface area is 104 Å². The molecule has 1 nitrogen and oxygen atoms in total. The van der Waals surface area contributed by atoms with Gasteiger partial charge in [0.2, 0.25) is 0 Å². The van der Waals surface area contributed by atoms with E-state index in [1.807, 2.05) is 0 Å². The summed E-state index contributed by atoms with van der Waals surface area (Å²) in [6.45, 7) is 7.05. The van der Waals surface area contributed by atoms with E-state index < -0.39 is 0 Å². The second-order valence-electron chi connectivity index (χ2n) is 5.34. The Morgan fingerprint density at radius 3 is 2.44 bits per heavy atom. The summed E-state index contributed by atoms with van der Waals surface area (Å²) in [5.74, 6) is 0.826. The van der Waals surface area contributed by atoms with Crippen LogP contribution in [-0.4, -0.2) is 10.9 Å². The van der Waals surface area contributed by atoms with Crippen LogP contribution < -0.4 is 0 Å². The minimum atomic E-state index is 0. The first-order valence-electron chi connectivity index (χ1n) is 6.06. The minimum absolute atomic E-state index is 0. The minimum Gasteiger partial charge on any atom is -0.287 e. The van der Waals surface area contributed by atoms with E-state index >= 15 is 0 Å². The molecular weight excluding hydrogens is 218 g/mol. The van der Waals surface area contributed by atoms with E-state index in [0.717, 1.165) is 5.92 Å². The quantitative estimate of drug-likeness (QED) is 0.715. The molecule has 0 aliphatic carbocycles. The number of hydrogen-bond acceptors (Lipinski definition) is 1. The lowest BCUT2D eigenvalue weighted by molar-refractivity contribution is 0.164. The van der Waals surface area contributed by atoms with Crippen LogP contribution in [-0.2, 0) is 0 Å². The Bertz CT molecular complexity index is 388. The predicted molar refractivity (Wildman–Crippen MR) is 69.9 cm³/mol. The fourth-order valence-electron chi connectivity index (χ4n) is 3.61. The van der Waals surface area contributed by atoms with Gasteiger partial charge in [0.1, 0.15) is 0 Å². The van der Waals surface area contributed by atoms with Crippen molar-refractivity contribution in [3.8, 4) is 0 Å². The van der Waals surface area contributed by atoms with Crippen molar-refractivity contribution in [3.05, 3.63) is 35.4 Å². The molecule has 3 atom stereocenters. The maximum absolute atomic E-state index is 2.70. The summed E-state index contributed by atoms with van der Waals surface area (Å²) in [5.41, 5.74) is 3.18. The van der Waals surface area contributed by atoms with Gasteiger partial charge in [-0.25, -0.2) is 0 Å². The molecular formula is C14H20ClN. The van der Waals surface area contributed by atoms with Crippen molar-refractivity contribution in [1.29, 1.82) is 0 Å². The van der Waals surface area contributed by atoms with E-state index in [9.17, 15) is 0 Å². The molecule has 0 saturated carbocycles. The molecule has 16 heavy (non-hydrogen) atoms. The van der Waals surface area contributed by atoms with Gasteiger partial charge in [0.15, 0.2) is 0 Å². The molecule has 2 heterocycles. The molecule has 1 aromatic carbocycles. The third-order valence-electron chi connectivity index (χ3n) is 4.09. The molecule has 3 rings (SSSR count). The van der Waals surface area contributed by atoms with Gasteiger partial charge in [-0.2, -0.15) is 0 Å². The Kier molecular flexibility index (Phi) is 3.02. The number of hydrogen-bond donors (Lipinski definition) is 0. The second kappa shape index (κ2) is 4.05. The topological polar surface area (TPSA) is 3.24 Å². The first-order valence-corrected chi connectivity index (χ1v) is 6.06. The second-order valence-corrected chi connectivity index (χ2v) is 5.34. The zero-order chi connectivity index (χ0) is 10.6. The summed E-state index contributed by atoms with van der Waals surface area (Å²) in [5, 5.41) is 0. The van der Waals surface area contributed by atoms with Gasteiger partial charge < -0.3 is 0 Å². The Morgan fingerprint density at radius 1 is 1.19 bits per heavy atom. The molecule has 3 unspecified atom stereocenters.